The molecule has 3 nitrogen and oxygen atoms in total. The first-order valence-corrected chi connectivity index (χ1v) is 8.51. The van der Waals surface area contributed by atoms with E-state index in [2.05, 4.69) is 31.3 Å². The van der Waals surface area contributed by atoms with Crippen LogP contribution in [0.5, 0.6) is 5.75 Å². The maximum atomic E-state index is 12.5. The summed E-state index contributed by atoms with van der Waals surface area (Å²) in [6.45, 7) is 10.1. The molecule has 0 radical (unpaired) electrons. The van der Waals surface area contributed by atoms with Crippen molar-refractivity contribution in [3.8, 4) is 5.75 Å². The van der Waals surface area contributed by atoms with Crippen LogP contribution in [0.4, 0.5) is 0 Å². The lowest BCUT2D eigenvalue weighted by molar-refractivity contribution is -0.128. The van der Waals surface area contributed by atoms with E-state index in [-0.39, 0.29) is 11.9 Å². The molecule has 0 saturated heterocycles. The standard InChI is InChI=1S/C21H27NO2/c1-6-20(24-19-12-9-15(3)16(4)13-19)21(23)22-17(5)18-10-7-14(2)8-11-18/h7-13,17,20H,6H2,1-5H3,(H,22,23). The molecule has 0 saturated carbocycles. The number of nitrogens with one attached hydrogen (secondary N) is 1. The Morgan fingerprint density at radius 1 is 1.04 bits per heavy atom. The third-order valence-corrected chi connectivity index (χ3v) is 4.36. The van der Waals surface area contributed by atoms with Gasteiger partial charge in [-0.2, -0.15) is 0 Å². The van der Waals surface area contributed by atoms with E-state index in [1.165, 1.54) is 11.1 Å². The minimum Gasteiger partial charge on any atom is -0.481 e. The molecular formula is C21H27NO2. The summed E-state index contributed by atoms with van der Waals surface area (Å²) in [6.07, 6.45) is 0.138. The van der Waals surface area contributed by atoms with E-state index in [1.54, 1.807) is 0 Å². The van der Waals surface area contributed by atoms with Crippen molar-refractivity contribution in [1.29, 1.82) is 0 Å². The fourth-order valence-corrected chi connectivity index (χ4v) is 2.52. The zero-order valence-electron chi connectivity index (χ0n) is 15.2. The Balaban J connectivity index is 2.02. The molecule has 0 fully saturated rings. The van der Waals surface area contributed by atoms with E-state index in [0.717, 1.165) is 16.9 Å². The van der Waals surface area contributed by atoms with Gasteiger partial charge in [0.2, 0.25) is 0 Å². The van der Waals surface area contributed by atoms with Gasteiger partial charge in [0.25, 0.3) is 5.91 Å². The normalized spacial score (nSPS) is 13.2. The quantitative estimate of drug-likeness (QED) is 0.840. The maximum absolute atomic E-state index is 12.5. The van der Waals surface area contributed by atoms with E-state index in [1.807, 2.05) is 51.1 Å². The van der Waals surface area contributed by atoms with E-state index in [4.69, 9.17) is 4.74 Å². The van der Waals surface area contributed by atoms with Crippen LogP contribution in [0.15, 0.2) is 42.5 Å². The molecule has 2 aromatic rings. The number of aryl methyl sites for hydroxylation is 3. The molecule has 0 aliphatic rings. The highest BCUT2D eigenvalue weighted by Crippen LogP contribution is 2.19. The monoisotopic (exact) mass is 325 g/mol. The van der Waals surface area contributed by atoms with E-state index >= 15 is 0 Å². The third-order valence-electron chi connectivity index (χ3n) is 4.36. The van der Waals surface area contributed by atoms with Gasteiger partial charge in [0, 0.05) is 0 Å². The van der Waals surface area contributed by atoms with Crippen LogP contribution in [0, 0.1) is 20.8 Å². The SMILES string of the molecule is CCC(Oc1ccc(C)c(C)c1)C(=O)NC(C)c1ccc(C)cc1. The largest absolute Gasteiger partial charge is 0.481 e. The van der Waals surface area contributed by atoms with Crippen molar-refractivity contribution in [3.05, 3.63) is 64.7 Å². The topological polar surface area (TPSA) is 38.3 Å². The molecule has 0 heterocycles. The van der Waals surface area contributed by atoms with Crippen LogP contribution in [0.1, 0.15) is 48.6 Å². The number of hydrogen-bond acceptors (Lipinski definition) is 2. The fourth-order valence-electron chi connectivity index (χ4n) is 2.52. The molecule has 1 N–H and O–H groups in total. The minimum atomic E-state index is -0.486. The van der Waals surface area contributed by atoms with Gasteiger partial charge in [0.15, 0.2) is 6.10 Å². The van der Waals surface area contributed by atoms with Gasteiger partial charge in [-0.3, -0.25) is 4.79 Å². The Kier molecular flexibility index (Phi) is 6.02. The number of carbonyl (C=O) groups excluding carboxylic acids is 1. The summed E-state index contributed by atoms with van der Waals surface area (Å²) in [7, 11) is 0. The van der Waals surface area contributed by atoms with Gasteiger partial charge in [-0.1, -0.05) is 42.8 Å². The first-order valence-electron chi connectivity index (χ1n) is 8.51. The molecule has 0 spiro atoms. The molecule has 2 atom stereocenters. The van der Waals surface area contributed by atoms with Crippen molar-refractivity contribution in [3.63, 3.8) is 0 Å². The zero-order valence-corrected chi connectivity index (χ0v) is 15.2. The highest BCUT2D eigenvalue weighted by Gasteiger charge is 2.20. The third kappa shape index (κ3) is 4.60. The number of amides is 1. The van der Waals surface area contributed by atoms with Crippen LogP contribution < -0.4 is 10.1 Å². The molecule has 128 valence electrons. The summed E-state index contributed by atoms with van der Waals surface area (Å²) in [6, 6.07) is 14.1. The molecule has 0 aliphatic heterocycles. The lowest BCUT2D eigenvalue weighted by Gasteiger charge is -2.21. The molecule has 0 aromatic heterocycles. The van der Waals surface area contributed by atoms with Crippen molar-refractivity contribution in [2.24, 2.45) is 0 Å². The van der Waals surface area contributed by atoms with Gasteiger partial charge >= 0.3 is 0 Å². The Hall–Kier alpha value is -2.29. The summed E-state index contributed by atoms with van der Waals surface area (Å²) >= 11 is 0. The highest BCUT2D eigenvalue weighted by atomic mass is 16.5. The van der Waals surface area contributed by atoms with Crippen molar-refractivity contribution in [1.82, 2.24) is 5.32 Å². The fraction of sp³-hybridized carbons (Fsp3) is 0.381. The molecule has 2 rings (SSSR count). The summed E-state index contributed by atoms with van der Waals surface area (Å²) in [4.78, 5) is 12.5. The summed E-state index contributed by atoms with van der Waals surface area (Å²) in [5, 5.41) is 3.05. The van der Waals surface area contributed by atoms with Gasteiger partial charge in [-0.15, -0.1) is 0 Å². The number of benzene rings is 2. The van der Waals surface area contributed by atoms with Crippen molar-refractivity contribution in [2.75, 3.05) is 0 Å². The molecule has 0 bridgehead atoms. The first-order chi connectivity index (χ1) is 11.4. The second-order valence-corrected chi connectivity index (χ2v) is 6.40. The maximum Gasteiger partial charge on any atom is 0.261 e. The molecule has 2 aromatic carbocycles. The number of rotatable bonds is 6. The molecule has 24 heavy (non-hydrogen) atoms. The minimum absolute atomic E-state index is 0.0458. The lowest BCUT2D eigenvalue weighted by atomic mass is 10.1. The Labute approximate surface area is 145 Å². The van der Waals surface area contributed by atoms with Gasteiger partial charge in [-0.05, 0) is 62.9 Å². The van der Waals surface area contributed by atoms with Crippen LogP contribution >= 0.6 is 0 Å². The average molecular weight is 325 g/mol. The highest BCUT2D eigenvalue weighted by molar-refractivity contribution is 5.81. The Morgan fingerprint density at radius 3 is 2.29 bits per heavy atom. The van der Waals surface area contributed by atoms with Gasteiger partial charge in [0.1, 0.15) is 5.75 Å². The van der Waals surface area contributed by atoms with Gasteiger partial charge in [-0.25, -0.2) is 0 Å². The smallest absolute Gasteiger partial charge is 0.261 e. The van der Waals surface area contributed by atoms with Crippen molar-refractivity contribution in [2.45, 2.75) is 53.2 Å². The predicted molar refractivity (Wildman–Crippen MR) is 98.4 cm³/mol. The second kappa shape index (κ2) is 8.00. The summed E-state index contributed by atoms with van der Waals surface area (Å²) in [5.41, 5.74) is 4.68. The van der Waals surface area contributed by atoms with Crippen LogP contribution in [0.25, 0.3) is 0 Å². The average Bonchev–Trinajstić information content (AvgIpc) is 2.56. The van der Waals surface area contributed by atoms with Crippen LogP contribution in [-0.4, -0.2) is 12.0 Å². The summed E-state index contributed by atoms with van der Waals surface area (Å²) in [5.74, 6) is 0.659. The molecule has 2 unspecified atom stereocenters. The van der Waals surface area contributed by atoms with Gasteiger partial charge < -0.3 is 10.1 Å². The number of hydrogen-bond donors (Lipinski definition) is 1. The molecule has 0 aliphatic carbocycles. The van der Waals surface area contributed by atoms with E-state index in [0.29, 0.717) is 6.42 Å². The molecular weight excluding hydrogens is 298 g/mol. The lowest BCUT2D eigenvalue weighted by Crippen LogP contribution is -2.39. The van der Waals surface area contributed by atoms with Crippen molar-refractivity contribution < 1.29 is 9.53 Å². The molecule has 1 amide bonds. The molecule has 3 heteroatoms. The van der Waals surface area contributed by atoms with Gasteiger partial charge in [0.05, 0.1) is 6.04 Å². The van der Waals surface area contributed by atoms with Crippen LogP contribution in [0.2, 0.25) is 0 Å². The van der Waals surface area contributed by atoms with Crippen LogP contribution in [0.3, 0.4) is 0 Å². The first kappa shape index (κ1) is 18.1. The van der Waals surface area contributed by atoms with E-state index in [9.17, 15) is 4.79 Å². The van der Waals surface area contributed by atoms with Crippen LogP contribution in [-0.2, 0) is 4.79 Å². The number of carbonyl (C=O) groups is 1. The zero-order chi connectivity index (χ0) is 17.7. The Bertz CT molecular complexity index is 691. The Morgan fingerprint density at radius 2 is 1.71 bits per heavy atom. The van der Waals surface area contributed by atoms with E-state index < -0.39 is 6.10 Å². The second-order valence-electron chi connectivity index (χ2n) is 6.40. The summed E-state index contributed by atoms with van der Waals surface area (Å²) < 4.78 is 5.91. The van der Waals surface area contributed by atoms with Crippen molar-refractivity contribution >= 4 is 5.91 Å². The predicted octanol–water partition coefficient (Wildman–Crippen LogP) is 4.65. The number of ether oxygens (including phenoxy) is 1.